The molecule has 1 aromatic rings. The summed E-state index contributed by atoms with van der Waals surface area (Å²) < 4.78 is 0. The molecule has 1 atom stereocenters. The highest BCUT2D eigenvalue weighted by molar-refractivity contribution is 6.33. The van der Waals surface area contributed by atoms with Crippen molar-refractivity contribution in [2.45, 2.75) is 20.8 Å². The lowest BCUT2D eigenvalue weighted by molar-refractivity contribution is -0.383. The number of nitro benzene ring substituents is 1. The zero-order valence-electron chi connectivity index (χ0n) is 10.2. The number of nitrogens with zero attached hydrogens (tertiary/aromatic N) is 1. The van der Waals surface area contributed by atoms with Crippen LogP contribution in [0.3, 0.4) is 0 Å². The van der Waals surface area contributed by atoms with Crippen LogP contribution in [0.5, 0.6) is 0 Å². The lowest BCUT2D eigenvalue weighted by atomic mass is 9.98. The Hall–Kier alpha value is -1.29. The van der Waals surface area contributed by atoms with Crippen molar-refractivity contribution in [1.82, 2.24) is 0 Å². The van der Waals surface area contributed by atoms with Crippen LogP contribution in [0.4, 0.5) is 11.4 Å². The first-order valence-corrected chi connectivity index (χ1v) is 5.98. The lowest BCUT2D eigenvalue weighted by Crippen LogP contribution is -2.16. The van der Waals surface area contributed by atoms with Crippen molar-refractivity contribution in [2.75, 3.05) is 11.9 Å². The van der Waals surface area contributed by atoms with Crippen molar-refractivity contribution in [3.05, 3.63) is 33.3 Å². The van der Waals surface area contributed by atoms with E-state index >= 15 is 0 Å². The Bertz CT molecular complexity index is 407. The zero-order chi connectivity index (χ0) is 13.0. The van der Waals surface area contributed by atoms with E-state index in [0.29, 0.717) is 24.1 Å². The molecular weight excluding hydrogens is 240 g/mol. The molecule has 4 nitrogen and oxygen atoms in total. The molecule has 5 heteroatoms. The van der Waals surface area contributed by atoms with Gasteiger partial charge in [0.25, 0.3) is 0 Å². The summed E-state index contributed by atoms with van der Waals surface area (Å²) in [4.78, 5) is 10.4. The normalized spacial score (nSPS) is 12.5. The first-order chi connectivity index (χ1) is 7.93. The van der Waals surface area contributed by atoms with Crippen LogP contribution in [0.15, 0.2) is 18.2 Å². The fourth-order valence-electron chi connectivity index (χ4n) is 1.35. The summed E-state index contributed by atoms with van der Waals surface area (Å²) >= 11 is 5.82. The largest absolute Gasteiger partial charge is 0.379 e. The predicted molar refractivity (Wildman–Crippen MR) is 70.6 cm³/mol. The summed E-state index contributed by atoms with van der Waals surface area (Å²) in [6.07, 6.45) is 0. The van der Waals surface area contributed by atoms with Gasteiger partial charge in [-0.3, -0.25) is 10.1 Å². The molecule has 94 valence electrons. The minimum atomic E-state index is -0.454. The van der Waals surface area contributed by atoms with Gasteiger partial charge in [0, 0.05) is 6.54 Å². The predicted octanol–water partition coefficient (Wildman–Crippen LogP) is 3.95. The molecule has 1 rings (SSSR count). The smallest absolute Gasteiger partial charge is 0.310 e. The van der Waals surface area contributed by atoms with Gasteiger partial charge in [-0.25, -0.2) is 0 Å². The molecule has 0 heterocycles. The fraction of sp³-hybridized carbons (Fsp3) is 0.500. The van der Waals surface area contributed by atoms with E-state index in [2.05, 4.69) is 26.1 Å². The van der Waals surface area contributed by atoms with Crippen molar-refractivity contribution in [3.63, 3.8) is 0 Å². The van der Waals surface area contributed by atoms with Crippen molar-refractivity contribution in [2.24, 2.45) is 11.8 Å². The van der Waals surface area contributed by atoms with Gasteiger partial charge in [0.15, 0.2) is 0 Å². The van der Waals surface area contributed by atoms with Crippen LogP contribution in [-0.2, 0) is 0 Å². The molecule has 0 saturated carbocycles. The third kappa shape index (κ3) is 3.60. The molecule has 0 aliphatic heterocycles. The maximum atomic E-state index is 10.9. The number of benzene rings is 1. The van der Waals surface area contributed by atoms with Gasteiger partial charge in [0.05, 0.1) is 4.92 Å². The molecule has 0 amide bonds. The summed E-state index contributed by atoms with van der Waals surface area (Å²) in [6.45, 7) is 7.05. The molecule has 0 fully saturated rings. The van der Waals surface area contributed by atoms with E-state index in [-0.39, 0.29) is 10.7 Å². The summed E-state index contributed by atoms with van der Waals surface area (Å²) in [5.41, 5.74) is 0.431. The highest BCUT2D eigenvalue weighted by atomic mass is 35.5. The summed E-state index contributed by atoms with van der Waals surface area (Å²) in [5.74, 6) is 0.967. The minimum absolute atomic E-state index is 0.0508. The molecule has 0 spiro atoms. The maximum absolute atomic E-state index is 10.9. The molecule has 17 heavy (non-hydrogen) atoms. The van der Waals surface area contributed by atoms with Crippen molar-refractivity contribution in [3.8, 4) is 0 Å². The van der Waals surface area contributed by atoms with Crippen LogP contribution in [0.2, 0.25) is 5.02 Å². The number of anilines is 1. The first-order valence-electron chi connectivity index (χ1n) is 5.60. The molecule has 0 radical (unpaired) electrons. The molecule has 0 bridgehead atoms. The fourth-order valence-corrected chi connectivity index (χ4v) is 1.59. The molecule has 0 aromatic heterocycles. The van der Waals surface area contributed by atoms with Crippen molar-refractivity contribution >= 4 is 23.0 Å². The van der Waals surface area contributed by atoms with Gasteiger partial charge in [-0.05, 0) is 24.0 Å². The summed E-state index contributed by atoms with van der Waals surface area (Å²) in [7, 11) is 0. The van der Waals surface area contributed by atoms with E-state index in [9.17, 15) is 10.1 Å². The van der Waals surface area contributed by atoms with E-state index in [1.807, 2.05) is 0 Å². The molecule has 0 aliphatic carbocycles. The number of hydrogen-bond acceptors (Lipinski definition) is 3. The Balaban J connectivity index is 2.84. The highest BCUT2D eigenvalue weighted by Crippen LogP contribution is 2.32. The third-order valence-corrected chi connectivity index (χ3v) is 3.23. The van der Waals surface area contributed by atoms with Crippen LogP contribution in [0.1, 0.15) is 20.8 Å². The quantitative estimate of drug-likeness (QED) is 0.641. The van der Waals surface area contributed by atoms with Gasteiger partial charge in [-0.1, -0.05) is 38.4 Å². The number of nitrogens with one attached hydrogen (secondary N) is 1. The van der Waals surface area contributed by atoms with Gasteiger partial charge >= 0.3 is 5.69 Å². The van der Waals surface area contributed by atoms with Gasteiger partial charge < -0.3 is 5.32 Å². The molecule has 1 unspecified atom stereocenters. The van der Waals surface area contributed by atoms with Gasteiger partial charge in [-0.2, -0.15) is 0 Å². The SMILES string of the molecule is CC(C)C(C)CNc1cccc(Cl)c1[N+](=O)[O-]. The van der Waals surface area contributed by atoms with Crippen LogP contribution in [-0.4, -0.2) is 11.5 Å². The van der Waals surface area contributed by atoms with Gasteiger partial charge in [0.2, 0.25) is 0 Å². The van der Waals surface area contributed by atoms with E-state index in [0.717, 1.165) is 0 Å². The Kier molecular flexibility index (Phi) is 4.75. The second kappa shape index (κ2) is 5.87. The number of hydrogen-bond donors (Lipinski definition) is 1. The average molecular weight is 257 g/mol. The van der Waals surface area contributed by atoms with Crippen LogP contribution in [0.25, 0.3) is 0 Å². The standard InChI is InChI=1S/C12H17ClN2O2/c1-8(2)9(3)7-14-11-6-4-5-10(13)12(11)15(16)17/h4-6,8-9,14H,7H2,1-3H3. The number of nitro groups is 1. The minimum Gasteiger partial charge on any atom is -0.379 e. The van der Waals surface area contributed by atoms with E-state index < -0.39 is 4.92 Å². The Morgan fingerprint density at radius 3 is 2.59 bits per heavy atom. The van der Waals surface area contributed by atoms with Crippen molar-refractivity contribution in [1.29, 1.82) is 0 Å². The topological polar surface area (TPSA) is 55.2 Å². The number of rotatable bonds is 5. The molecule has 1 aromatic carbocycles. The number of halogens is 1. The van der Waals surface area contributed by atoms with E-state index in [1.54, 1.807) is 12.1 Å². The maximum Gasteiger partial charge on any atom is 0.310 e. The van der Waals surface area contributed by atoms with E-state index in [4.69, 9.17) is 11.6 Å². The Morgan fingerprint density at radius 1 is 1.41 bits per heavy atom. The Labute approximate surface area is 106 Å². The molecule has 0 aliphatic rings. The number of para-hydroxylation sites is 1. The second-order valence-corrected chi connectivity index (χ2v) is 4.90. The van der Waals surface area contributed by atoms with Gasteiger partial charge in [0.1, 0.15) is 10.7 Å². The molecule has 0 saturated heterocycles. The molecular formula is C12H17ClN2O2. The first kappa shape index (κ1) is 13.8. The zero-order valence-corrected chi connectivity index (χ0v) is 11.0. The molecule has 1 N–H and O–H groups in total. The monoisotopic (exact) mass is 256 g/mol. The van der Waals surface area contributed by atoms with Crippen molar-refractivity contribution < 1.29 is 4.92 Å². The Morgan fingerprint density at radius 2 is 2.06 bits per heavy atom. The van der Waals surface area contributed by atoms with Gasteiger partial charge in [-0.15, -0.1) is 0 Å². The lowest BCUT2D eigenvalue weighted by Gasteiger charge is -2.17. The average Bonchev–Trinajstić information content (AvgIpc) is 2.24. The van der Waals surface area contributed by atoms with Crippen LogP contribution < -0.4 is 5.32 Å². The highest BCUT2D eigenvalue weighted by Gasteiger charge is 2.18. The summed E-state index contributed by atoms with van der Waals surface area (Å²) in [6, 6.07) is 4.91. The third-order valence-electron chi connectivity index (χ3n) is 2.92. The summed E-state index contributed by atoms with van der Waals surface area (Å²) in [5, 5.41) is 14.2. The van der Waals surface area contributed by atoms with Crippen LogP contribution >= 0.6 is 11.6 Å². The van der Waals surface area contributed by atoms with E-state index in [1.165, 1.54) is 6.07 Å². The van der Waals surface area contributed by atoms with Crippen LogP contribution in [0, 0.1) is 22.0 Å². The second-order valence-electron chi connectivity index (χ2n) is 4.50.